The molecule has 2 N–H and O–H groups in total. The lowest BCUT2D eigenvalue weighted by Crippen LogP contribution is -2.41. The Balaban J connectivity index is 2.45. The van der Waals surface area contributed by atoms with E-state index in [4.69, 9.17) is 0 Å². The van der Waals surface area contributed by atoms with Crippen molar-refractivity contribution < 1.29 is 0 Å². The quantitative estimate of drug-likeness (QED) is 0.754. The van der Waals surface area contributed by atoms with Gasteiger partial charge in [0.2, 0.25) is 0 Å². The molecule has 1 unspecified atom stereocenters. The van der Waals surface area contributed by atoms with Crippen LogP contribution in [-0.4, -0.2) is 18.6 Å². The minimum Gasteiger partial charge on any atom is -0.311 e. The van der Waals surface area contributed by atoms with Gasteiger partial charge in [0, 0.05) is 24.7 Å². The molecule has 0 radical (unpaired) electrons. The summed E-state index contributed by atoms with van der Waals surface area (Å²) in [6, 6.07) is 11.1. The van der Waals surface area contributed by atoms with Gasteiger partial charge >= 0.3 is 0 Å². The molecule has 102 valence electrons. The monoisotopic (exact) mass is 248 g/mol. The second-order valence-electron chi connectivity index (χ2n) is 6.26. The second-order valence-corrected chi connectivity index (χ2v) is 6.26. The van der Waals surface area contributed by atoms with E-state index >= 15 is 0 Å². The van der Waals surface area contributed by atoms with Gasteiger partial charge in [-0.05, 0) is 32.3 Å². The Morgan fingerprint density at radius 2 is 1.61 bits per heavy atom. The van der Waals surface area contributed by atoms with Crippen LogP contribution in [0.2, 0.25) is 0 Å². The van der Waals surface area contributed by atoms with Crippen LogP contribution in [0.3, 0.4) is 0 Å². The third kappa shape index (κ3) is 5.65. The molecule has 0 aliphatic carbocycles. The van der Waals surface area contributed by atoms with Crippen molar-refractivity contribution in [3.63, 3.8) is 0 Å². The van der Waals surface area contributed by atoms with E-state index in [1.165, 1.54) is 5.56 Å². The number of nitrogens with one attached hydrogen (secondary N) is 2. The van der Waals surface area contributed by atoms with Gasteiger partial charge in [0.1, 0.15) is 0 Å². The third-order valence-electron chi connectivity index (χ3n) is 2.97. The fourth-order valence-electron chi connectivity index (χ4n) is 2.06. The van der Waals surface area contributed by atoms with Crippen molar-refractivity contribution in [1.29, 1.82) is 0 Å². The average Bonchev–Trinajstić information content (AvgIpc) is 2.28. The van der Waals surface area contributed by atoms with Gasteiger partial charge in [-0.25, -0.2) is 0 Å². The van der Waals surface area contributed by atoms with Crippen LogP contribution in [0.15, 0.2) is 30.3 Å². The number of hydrogen-bond acceptors (Lipinski definition) is 2. The number of hydrogen-bond donors (Lipinski definition) is 2. The Morgan fingerprint density at radius 3 is 2.11 bits per heavy atom. The first kappa shape index (κ1) is 15.2. The molecule has 1 aromatic carbocycles. The Hall–Kier alpha value is -0.860. The van der Waals surface area contributed by atoms with Crippen molar-refractivity contribution in [3.05, 3.63) is 35.9 Å². The summed E-state index contributed by atoms with van der Waals surface area (Å²) in [6.07, 6.45) is 0. The highest BCUT2D eigenvalue weighted by molar-refractivity contribution is 5.19. The van der Waals surface area contributed by atoms with Crippen molar-refractivity contribution in [2.24, 2.45) is 5.92 Å². The lowest BCUT2D eigenvalue weighted by molar-refractivity contribution is 0.379. The van der Waals surface area contributed by atoms with Crippen LogP contribution in [0.5, 0.6) is 0 Å². The van der Waals surface area contributed by atoms with Crippen molar-refractivity contribution in [3.8, 4) is 0 Å². The summed E-state index contributed by atoms with van der Waals surface area (Å²) in [5, 5.41) is 7.15. The highest BCUT2D eigenvalue weighted by Gasteiger charge is 2.15. The topological polar surface area (TPSA) is 24.1 Å². The molecule has 0 fully saturated rings. The number of benzene rings is 1. The minimum atomic E-state index is 0.196. The summed E-state index contributed by atoms with van der Waals surface area (Å²) in [5.41, 5.74) is 1.57. The molecule has 1 rings (SSSR count). The molecule has 2 heteroatoms. The van der Waals surface area contributed by atoms with Crippen LogP contribution in [0.4, 0.5) is 0 Å². The summed E-state index contributed by atoms with van der Waals surface area (Å²) < 4.78 is 0. The molecule has 2 nitrogen and oxygen atoms in total. The van der Waals surface area contributed by atoms with Crippen LogP contribution >= 0.6 is 0 Å². The largest absolute Gasteiger partial charge is 0.311 e. The molecular weight excluding hydrogens is 220 g/mol. The summed E-state index contributed by atoms with van der Waals surface area (Å²) in [5.74, 6) is 0.599. The average molecular weight is 248 g/mol. The molecule has 0 aliphatic heterocycles. The first-order valence-electron chi connectivity index (χ1n) is 6.93. The van der Waals surface area contributed by atoms with E-state index in [0.29, 0.717) is 12.0 Å². The lowest BCUT2D eigenvalue weighted by Gasteiger charge is -2.25. The van der Waals surface area contributed by atoms with Gasteiger partial charge < -0.3 is 10.6 Å². The SMILES string of the molecule is CC(C)C(NCCNC(C)(C)C)c1ccccc1. The van der Waals surface area contributed by atoms with E-state index in [2.05, 4.69) is 75.6 Å². The summed E-state index contributed by atoms with van der Waals surface area (Å²) in [4.78, 5) is 0. The Kier molecular flexibility index (Phi) is 5.83. The van der Waals surface area contributed by atoms with Crippen molar-refractivity contribution in [2.75, 3.05) is 13.1 Å². The zero-order valence-corrected chi connectivity index (χ0v) is 12.5. The van der Waals surface area contributed by atoms with Crippen LogP contribution < -0.4 is 10.6 Å². The van der Waals surface area contributed by atoms with Crippen LogP contribution in [0, 0.1) is 5.92 Å². The van der Waals surface area contributed by atoms with Crippen molar-refractivity contribution in [2.45, 2.75) is 46.2 Å². The number of rotatable bonds is 6. The first-order chi connectivity index (χ1) is 8.40. The maximum atomic E-state index is 3.65. The molecule has 0 heterocycles. The molecule has 0 aliphatic rings. The van der Waals surface area contributed by atoms with Gasteiger partial charge in [0.25, 0.3) is 0 Å². The molecule has 0 bridgehead atoms. The van der Waals surface area contributed by atoms with E-state index in [9.17, 15) is 0 Å². The van der Waals surface area contributed by atoms with Gasteiger partial charge in [0.15, 0.2) is 0 Å². The molecular formula is C16H28N2. The molecule has 0 saturated carbocycles. The fraction of sp³-hybridized carbons (Fsp3) is 0.625. The highest BCUT2D eigenvalue weighted by Crippen LogP contribution is 2.20. The molecule has 0 saturated heterocycles. The van der Waals surface area contributed by atoms with Gasteiger partial charge in [-0.3, -0.25) is 0 Å². The molecule has 0 amide bonds. The van der Waals surface area contributed by atoms with E-state index in [1.54, 1.807) is 0 Å². The van der Waals surface area contributed by atoms with E-state index in [0.717, 1.165) is 13.1 Å². The second kappa shape index (κ2) is 6.91. The minimum absolute atomic E-state index is 0.196. The molecule has 0 aromatic heterocycles. The lowest BCUT2D eigenvalue weighted by atomic mass is 9.96. The highest BCUT2D eigenvalue weighted by atomic mass is 15.0. The van der Waals surface area contributed by atoms with Crippen LogP contribution in [0.1, 0.15) is 46.2 Å². The predicted octanol–water partition coefficient (Wildman–Crippen LogP) is 3.36. The Bertz CT molecular complexity index is 325. The molecule has 1 atom stereocenters. The normalized spacial score (nSPS) is 13.9. The molecule has 18 heavy (non-hydrogen) atoms. The van der Waals surface area contributed by atoms with Crippen LogP contribution in [0.25, 0.3) is 0 Å². The van der Waals surface area contributed by atoms with Crippen molar-refractivity contribution in [1.82, 2.24) is 10.6 Å². The van der Waals surface area contributed by atoms with Gasteiger partial charge in [-0.15, -0.1) is 0 Å². The zero-order chi connectivity index (χ0) is 13.6. The predicted molar refractivity (Wildman–Crippen MR) is 79.8 cm³/mol. The Labute approximate surface area is 112 Å². The Morgan fingerprint density at radius 1 is 1.00 bits per heavy atom. The summed E-state index contributed by atoms with van der Waals surface area (Å²) in [7, 11) is 0. The van der Waals surface area contributed by atoms with Gasteiger partial charge in [-0.1, -0.05) is 44.2 Å². The maximum absolute atomic E-state index is 3.65. The zero-order valence-electron chi connectivity index (χ0n) is 12.5. The maximum Gasteiger partial charge on any atom is 0.0343 e. The van der Waals surface area contributed by atoms with E-state index in [-0.39, 0.29) is 5.54 Å². The first-order valence-corrected chi connectivity index (χ1v) is 6.93. The van der Waals surface area contributed by atoms with Crippen molar-refractivity contribution >= 4 is 0 Å². The summed E-state index contributed by atoms with van der Waals surface area (Å²) >= 11 is 0. The van der Waals surface area contributed by atoms with E-state index < -0.39 is 0 Å². The third-order valence-corrected chi connectivity index (χ3v) is 2.97. The molecule has 0 spiro atoms. The van der Waals surface area contributed by atoms with E-state index in [1.807, 2.05) is 0 Å². The standard InChI is InChI=1S/C16H28N2/c1-13(2)15(14-9-7-6-8-10-14)17-11-12-18-16(3,4)5/h6-10,13,15,17-18H,11-12H2,1-5H3. The molecule has 1 aromatic rings. The summed E-state index contributed by atoms with van der Waals surface area (Å²) in [6.45, 7) is 13.1. The fourth-order valence-corrected chi connectivity index (χ4v) is 2.06. The van der Waals surface area contributed by atoms with Gasteiger partial charge in [-0.2, -0.15) is 0 Å². The van der Waals surface area contributed by atoms with Crippen LogP contribution in [-0.2, 0) is 0 Å². The van der Waals surface area contributed by atoms with Gasteiger partial charge in [0.05, 0.1) is 0 Å². The smallest absolute Gasteiger partial charge is 0.0343 e.